The highest BCUT2D eigenvalue weighted by molar-refractivity contribution is 5.89. The van der Waals surface area contributed by atoms with Gasteiger partial charge in [0.15, 0.2) is 0 Å². The van der Waals surface area contributed by atoms with Crippen LogP contribution in [0.3, 0.4) is 0 Å². The van der Waals surface area contributed by atoms with Crippen LogP contribution in [0.25, 0.3) is 0 Å². The number of nitrogens with zero attached hydrogens (tertiary/aromatic N) is 1. The zero-order chi connectivity index (χ0) is 14.7. The second-order valence-electron chi connectivity index (χ2n) is 6.31. The van der Waals surface area contributed by atoms with E-state index in [0.29, 0.717) is 0 Å². The third kappa shape index (κ3) is 4.29. The van der Waals surface area contributed by atoms with E-state index in [9.17, 15) is 14.7 Å². The molecule has 0 fully saturated rings. The standard InChI is InChI=1S/C13H26N2O3/c1-9(14-11(18)12(2,3)4)10(17)15(7)13(5,6)8-16/h9,16H,8H2,1-7H3,(H,14,18). The summed E-state index contributed by atoms with van der Waals surface area (Å²) in [5.74, 6) is -0.384. The molecular formula is C13H26N2O3. The summed E-state index contributed by atoms with van der Waals surface area (Å²) >= 11 is 0. The van der Waals surface area contributed by atoms with E-state index in [2.05, 4.69) is 5.32 Å². The Balaban J connectivity index is 4.68. The number of amides is 2. The Morgan fingerprint density at radius 2 is 1.67 bits per heavy atom. The van der Waals surface area contributed by atoms with Crippen molar-refractivity contribution < 1.29 is 14.7 Å². The van der Waals surface area contributed by atoms with Crippen LogP contribution in [0.2, 0.25) is 0 Å². The van der Waals surface area contributed by atoms with Crippen molar-refractivity contribution in [2.45, 2.75) is 53.1 Å². The number of nitrogens with one attached hydrogen (secondary N) is 1. The molecule has 1 unspecified atom stereocenters. The van der Waals surface area contributed by atoms with E-state index in [1.165, 1.54) is 4.90 Å². The Morgan fingerprint density at radius 1 is 1.22 bits per heavy atom. The number of hydrogen-bond donors (Lipinski definition) is 2. The van der Waals surface area contributed by atoms with Gasteiger partial charge in [-0.2, -0.15) is 0 Å². The highest BCUT2D eigenvalue weighted by Gasteiger charge is 2.32. The van der Waals surface area contributed by atoms with Gasteiger partial charge < -0.3 is 15.3 Å². The molecule has 0 saturated carbocycles. The summed E-state index contributed by atoms with van der Waals surface area (Å²) in [4.78, 5) is 25.4. The van der Waals surface area contributed by atoms with Gasteiger partial charge in [-0.15, -0.1) is 0 Å². The van der Waals surface area contributed by atoms with Gasteiger partial charge in [0, 0.05) is 12.5 Å². The molecule has 5 nitrogen and oxygen atoms in total. The first kappa shape index (κ1) is 16.9. The molecule has 0 saturated heterocycles. The molecule has 0 aliphatic heterocycles. The molecule has 0 radical (unpaired) electrons. The van der Waals surface area contributed by atoms with Crippen LogP contribution in [0.5, 0.6) is 0 Å². The van der Waals surface area contributed by atoms with Gasteiger partial charge in [-0.25, -0.2) is 0 Å². The quantitative estimate of drug-likeness (QED) is 0.782. The average molecular weight is 258 g/mol. The fourth-order valence-corrected chi connectivity index (χ4v) is 1.17. The molecule has 5 heteroatoms. The van der Waals surface area contributed by atoms with Gasteiger partial charge in [0.25, 0.3) is 0 Å². The lowest BCUT2D eigenvalue weighted by Crippen LogP contribution is -2.55. The van der Waals surface area contributed by atoms with E-state index in [-0.39, 0.29) is 18.4 Å². The van der Waals surface area contributed by atoms with E-state index in [1.807, 2.05) is 0 Å². The Morgan fingerprint density at radius 3 is 2.00 bits per heavy atom. The number of aliphatic hydroxyl groups is 1. The molecule has 2 amide bonds. The first-order valence-corrected chi connectivity index (χ1v) is 6.13. The summed E-state index contributed by atoms with van der Waals surface area (Å²) in [6.07, 6.45) is 0. The van der Waals surface area contributed by atoms with Crippen LogP contribution in [0.15, 0.2) is 0 Å². The third-order valence-corrected chi connectivity index (χ3v) is 3.02. The van der Waals surface area contributed by atoms with Gasteiger partial charge in [0.2, 0.25) is 11.8 Å². The minimum atomic E-state index is -0.641. The summed E-state index contributed by atoms with van der Waals surface area (Å²) in [6, 6.07) is -0.604. The normalized spacial score (nSPS) is 14.0. The smallest absolute Gasteiger partial charge is 0.245 e. The van der Waals surface area contributed by atoms with Crippen LogP contribution < -0.4 is 5.32 Å². The highest BCUT2D eigenvalue weighted by atomic mass is 16.3. The van der Waals surface area contributed by atoms with Gasteiger partial charge in [-0.3, -0.25) is 9.59 Å². The van der Waals surface area contributed by atoms with Crippen LogP contribution >= 0.6 is 0 Å². The van der Waals surface area contributed by atoms with Crippen molar-refractivity contribution in [1.82, 2.24) is 10.2 Å². The Labute approximate surface area is 110 Å². The fraction of sp³-hybridized carbons (Fsp3) is 0.846. The van der Waals surface area contributed by atoms with Crippen LogP contribution in [-0.2, 0) is 9.59 Å². The molecule has 2 N–H and O–H groups in total. The number of carbonyl (C=O) groups is 2. The van der Waals surface area contributed by atoms with Crippen LogP contribution in [-0.4, -0.2) is 47.1 Å². The molecule has 0 aromatic carbocycles. The molecule has 106 valence electrons. The maximum absolute atomic E-state index is 12.1. The molecule has 18 heavy (non-hydrogen) atoms. The summed E-state index contributed by atoms with van der Waals surface area (Å²) in [6.45, 7) is 10.4. The van der Waals surface area contributed by atoms with Gasteiger partial charge in [0.05, 0.1) is 12.1 Å². The minimum Gasteiger partial charge on any atom is -0.394 e. The second-order valence-corrected chi connectivity index (χ2v) is 6.31. The lowest BCUT2D eigenvalue weighted by Gasteiger charge is -2.36. The Bertz CT molecular complexity index is 319. The zero-order valence-corrected chi connectivity index (χ0v) is 12.5. The van der Waals surface area contributed by atoms with Crippen LogP contribution in [0, 0.1) is 5.41 Å². The predicted molar refractivity (Wildman–Crippen MR) is 71.0 cm³/mol. The van der Waals surface area contributed by atoms with Crippen molar-refractivity contribution in [3.05, 3.63) is 0 Å². The number of likely N-dealkylation sites (N-methyl/N-ethyl adjacent to an activating group) is 1. The summed E-state index contributed by atoms with van der Waals surface area (Å²) in [7, 11) is 1.62. The molecule has 1 atom stereocenters. The fourth-order valence-electron chi connectivity index (χ4n) is 1.17. The first-order valence-electron chi connectivity index (χ1n) is 6.13. The van der Waals surface area contributed by atoms with Crippen molar-refractivity contribution in [3.8, 4) is 0 Å². The Hall–Kier alpha value is -1.10. The Kier molecular flexibility index (Phi) is 5.35. The highest BCUT2D eigenvalue weighted by Crippen LogP contribution is 2.15. The van der Waals surface area contributed by atoms with Gasteiger partial charge in [-0.05, 0) is 20.8 Å². The van der Waals surface area contributed by atoms with E-state index < -0.39 is 17.0 Å². The number of aliphatic hydroxyl groups excluding tert-OH is 1. The van der Waals surface area contributed by atoms with E-state index in [4.69, 9.17) is 0 Å². The summed E-state index contributed by atoms with van der Waals surface area (Å²) in [5, 5.41) is 11.9. The SMILES string of the molecule is CC(NC(=O)C(C)(C)C)C(=O)N(C)C(C)(C)CO. The molecule has 0 rings (SSSR count). The van der Waals surface area contributed by atoms with E-state index >= 15 is 0 Å². The monoisotopic (exact) mass is 258 g/mol. The maximum atomic E-state index is 12.1. The predicted octanol–water partition coefficient (Wildman–Crippen LogP) is 0.766. The van der Waals surface area contributed by atoms with Crippen molar-refractivity contribution in [2.24, 2.45) is 5.41 Å². The second kappa shape index (κ2) is 5.69. The van der Waals surface area contributed by atoms with Crippen molar-refractivity contribution in [1.29, 1.82) is 0 Å². The molecular weight excluding hydrogens is 232 g/mol. The largest absolute Gasteiger partial charge is 0.394 e. The minimum absolute atomic E-state index is 0.130. The topological polar surface area (TPSA) is 69.6 Å². The molecule has 0 aromatic rings. The maximum Gasteiger partial charge on any atom is 0.245 e. The first-order chi connectivity index (χ1) is 7.93. The average Bonchev–Trinajstić information content (AvgIpc) is 2.25. The third-order valence-electron chi connectivity index (χ3n) is 3.02. The molecule has 0 aromatic heterocycles. The van der Waals surface area contributed by atoms with Crippen LogP contribution in [0.1, 0.15) is 41.5 Å². The van der Waals surface area contributed by atoms with E-state index in [0.717, 1.165) is 0 Å². The van der Waals surface area contributed by atoms with Crippen LogP contribution in [0.4, 0.5) is 0 Å². The van der Waals surface area contributed by atoms with Crippen molar-refractivity contribution >= 4 is 11.8 Å². The molecule has 0 aliphatic carbocycles. The molecule has 0 aliphatic rings. The number of hydrogen-bond acceptors (Lipinski definition) is 3. The molecule has 0 heterocycles. The number of rotatable bonds is 4. The lowest BCUT2D eigenvalue weighted by atomic mass is 9.95. The molecule has 0 bridgehead atoms. The van der Waals surface area contributed by atoms with Crippen molar-refractivity contribution in [3.63, 3.8) is 0 Å². The summed E-state index contributed by atoms with van der Waals surface area (Å²) in [5.41, 5.74) is -1.17. The summed E-state index contributed by atoms with van der Waals surface area (Å²) < 4.78 is 0. The number of carbonyl (C=O) groups excluding carboxylic acids is 2. The lowest BCUT2D eigenvalue weighted by molar-refractivity contribution is -0.141. The molecule has 0 spiro atoms. The van der Waals surface area contributed by atoms with Gasteiger partial charge >= 0.3 is 0 Å². The van der Waals surface area contributed by atoms with Gasteiger partial charge in [-0.1, -0.05) is 20.8 Å². The van der Waals surface area contributed by atoms with E-state index in [1.54, 1.807) is 48.6 Å². The van der Waals surface area contributed by atoms with Crippen molar-refractivity contribution in [2.75, 3.05) is 13.7 Å². The van der Waals surface area contributed by atoms with Gasteiger partial charge in [0.1, 0.15) is 6.04 Å². The zero-order valence-electron chi connectivity index (χ0n) is 12.5.